The Bertz CT molecular complexity index is 4310. The lowest BCUT2D eigenvalue weighted by Gasteiger charge is -2.60. The number of hydrogen-bond acceptors (Lipinski definition) is 36. The first-order valence-electron chi connectivity index (χ1n) is 42.2. The smallest absolute Gasteiger partial charge is 0.201 e. The van der Waals surface area contributed by atoms with Crippen LogP contribution in [-0.4, -0.2) is 314 Å². The number of aliphatic hydroxyl groups excluding tert-OH is 6. The number of carbonyl (C=O) groups is 4. The minimum absolute atomic E-state index is 0.00456. The van der Waals surface area contributed by atoms with Crippen molar-refractivity contribution in [3.8, 4) is 57.1 Å². The fourth-order valence-corrected chi connectivity index (χ4v) is 21.3. The third-order valence-corrected chi connectivity index (χ3v) is 28.0. The molecule has 16 N–H and O–H groups in total. The van der Waals surface area contributed by atoms with Gasteiger partial charge in [0.1, 0.15) is 82.0 Å². The normalized spacial score (nSPS) is 41.7. The van der Waals surface area contributed by atoms with E-state index in [1.165, 1.54) is 54.0 Å². The molecule has 0 amide bonds. The van der Waals surface area contributed by atoms with Gasteiger partial charge in [-0.15, -0.1) is 0 Å². The molecule has 10 aliphatic rings. The maximum absolute atomic E-state index is 16.4. The van der Waals surface area contributed by atoms with Crippen molar-refractivity contribution in [2.24, 2.45) is 11.8 Å². The molecule has 0 spiro atoms. The van der Waals surface area contributed by atoms with Crippen LogP contribution in [0.25, 0.3) is 32.7 Å². The van der Waals surface area contributed by atoms with Crippen LogP contribution in [0, 0.1) is 11.8 Å². The van der Waals surface area contributed by atoms with Gasteiger partial charge in [0.25, 0.3) is 0 Å². The molecule has 8 fully saturated rings. The molecule has 122 heavy (non-hydrogen) atoms. The Morgan fingerprint density at radius 2 is 0.746 bits per heavy atom. The summed E-state index contributed by atoms with van der Waals surface area (Å²) in [5, 5.41) is 199. The van der Waals surface area contributed by atoms with Crippen LogP contribution in [0.4, 0.5) is 0 Å². The average Bonchev–Trinajstić information content (AvgIpc) is 0.683. The second kappa shape index (κ2) is 34.3. The number of ketones is 4. The second-order valence-corrected chi connectivity index (χ2v) is 35.0. The molecule has 0 aromatic heterocycles. The lowest BCUT2D eigenvalue weighted by molar-refractivity contribution is -0.358. The van der Waals surface area contributed by atoms with Gasteiger partial charge >= 0.3 is 0 Å². The summed E-state index contributed by atoms with van der Waals surface area (Å²) in [7, 11) is 4.67. The quantitative estimate of drug-likeness (QED) is 0.0507. The largest absolute Gasteiger partial charge is 0.506 e. The fourth-order valence-electron chi connectivity index (χ4n) is 21.3. The van der Waals surface area contributed by atoms with Crippen LogP contribution in [0.1, 0.15) is 191 Å². The highest BCUT2D eigenvalue weighted by molar-refractivity contribution is 6.19. The Balaban J connectivity index is 0.855. The third kappa shape index (κ3) is 14.6. The lowest BCUT2D eigenvalue weighted by Crippen LogP contribution is -2.80. The summed E-state index contributed by atoms with van der Waals surface area (Å²) in [6.07, 6.45) is -33.1. The molecular weight excluding hydrogens is 1610 g/mol. The molecule has 36 heteroatoms. The SMILES string of the molecule is CCC[C@@]1(O)[C@H](O[C@@H]2CC[C@H](O[C@H]3CC[C@@](O)(C(C)=O)[C@H](C)O3)[C@@H](C)O2)[C@@H](O)[C@H](O[C@@H]2C[C@@H](O)[C@@H](O)[C@H](C)O2)[C@@H]2Cc3cc4c(OC)c(OC)c(-c5c(OC)c(OC)c6cc7c(c(O)c6c5O)C(=O)[C@]5(O)[C@H](C7)[C@H](O[C@@H]6C[C@H](O)[C@@H](O)[C@@H](C)O6)[C@H](O)[C@H](O[C@@H]6CC[C@H](O[C@@H]7CC[C@](O)(C(C)=O)[C@@H](C)O7)[C@@H](C)O6)[C@@]5(O)CCC)c(O)c4c(O)c3C(=O)[C@@]21O. The van der Waals surface area contributed by atoms with Gasteiger partial charge in [0.2, 0.25) is 11.6 Å². The van der Waals surface area contributed by atoms with Crippen LogP contribution in [0.2, 0.25) is 0 Å². The van der Waals surface area contributed by atoms with Crippen LogP contribution in [0.15, 0.2) is 12.1 Å². The molecule has 6 saturated heterocycles. The summed E-state index contributed by atoms with van der Waals surface area (Å²) in [6.45, 7) is 15.2. The summed E-state index contributed by atoms with van der Waals surface area (Å²) in [4.78, 5) is 57.6. The van der Waals surface area contributed by atoms with Crippen molar-refractivity contribution in [1.82, 2.24) is 0 Å². The molecule has 6 heterocycles. The van der Waals surface area contributed by atoms with Crippen molar-refractivity contribution in [3.05, 3.63) is 34.4 Å². The van der Waals surface area contributed by atoms with Crippen LogP contribution < -0.4 is 18.9 Å². The maximum atomic E-state index is 16.4. The van der Waals surface area contributed by atoms with Gasteiger partial charge in [-0.1, -0.05) is 26.7 Å². The molecule has 678 valence electrons. The zero-order chi connectivity index (χ0) is 88.8. The van der Waals surface area contributed by atoms with E-state index < -0.39 is 309 Å². The lowest BCUT2D eigenvalue weighted by atomic mass is 9.53. The number of methoxy groups -OCH3 is 4. The van der Waals surface area contributed by atoms with E-state index in [4.69, 9.17) is 75.8 Å². The van der Waals surface area contributed by atoms with E-state index in [1.807, 2.05) is 0 Å². The van der Waals surface area contributed by atoms with Gasteiger partial charge < -0.3 is 157 Å². The molecule has 14 rings (SSSR count). The number of aromatic hydroxyl groups is 4. The highest BCUT2D eigenvalue weighted by atomic mass is 16.8. The first kappa shape index (κ1) is 91.7. The molecule has 32 atom stereocenters. The van der Waals surface area contributed by atoms with Crippen LogP contribution >= 0.6 is 0 Å². The van der Waals surface area contributed by atoms with Crippen LogP contribution in [0.5, 0.6) is 46.0 Å². The predicted molar refractivity (Wildman–Crippen MR) is 421 cm³/mol. The van der Waals surface area contributed by atoms with Gasteiger partial charge in [-0.25, -0.2) is 0 Å². The standard InChI is InChI=1S/C86H118O36/c1-15-23-83(103)79(121-51-19-17-49(33(3)111-51)117-53-21-25-81(101,37(7)87)39(9)115-53)69(97)73(119-55-31-47(89)63(91)35(5)113-55)45-29-41-27-43-59(65(93)57(41)77(99)85(45,83)105)67(95)61(75(109-13)71(43)107-11)62-68(96)60-44(72(108-12)76(62)110-14)28-42-30-46-74(120-56-32-48(90)64(92)36(6)114-56)70(98)80(84(104,24-16-2)86(46,106)78(100)58(42)66(60)94)122-52-20-18-50(34(4)112-52)118-54-22-26-82(102,38(8)88)40(10)116-54/h27-28,33-36,39-40,45-56,63-64,69-70,73-74,79-80,89-98,101-106H,15-26,29-32H2,1-14H3/t33-,34-,35-,36+,39-,40+,45-,46+,47+,48-,49+,50+,51-,52-,53-,54+,55-,56-,63+,64+,69+,70+,73+,74-,79+,80-,81+,82-,83+,84-,85-,86+/m1/s1. The van der Waals surface area contributed by atoms with Crippen molar-refractivity contribution in [1.29, 1.82) is 0 Å². The molecule has 4 aliphatic carbocycles. The van der Waals surface area contributed by atoms with E-state index in [2.05, 4.69) is 0 Å². The first-order chi connectivity index (χ1) is 57.5. The number of carbonyl (C=O) groups excluding carboxylic acids is 4. The van der Waals surface area contributed by atoms with Gasteiger partial charge in [0.15, 0.2) is 83.5 Å². The molecular formula is C86H118O36. The highest BCUT2D eigenvalue weighted by Crippen LogP contribution is 2.65. The monoisotopic (exact) mass is 1730 g/mol. The number of phenols is 4. The Kier molecular flexibility index (Phi) is 25.8. The number of rotatable bonds is 23. The Labute approximate surface area is 703 Å². The van der Waals surface area contributed by atoms with E-state index in [9.17, 15) is 91.3 Å². The van der Waals surface area contributed by atoms with E-state index in [0.29, 0.717) is 0 Å². The molecule has 0 unspecified atom stereocenters. The number of aliphatic hydroxyl groups is 12. The Hall–Kier alpha value is -6.48. The van der Waals surface area contributed by atoms with Gasteiger partial charge in [-0.2, -0.15) is 0 Å². The van der Waals surface area contributed by atoms with Gasteiger partial charge in [0.05, 0.1) is 135 Å². The number of phenolic OH excluding ortho intramolecular Hbond substituents is 4. The van der Waals surface area contributed by atoms with E-state index in [0.717, 1.165) is 14.2 Å². The highest BCUT2D eigenvalue weighted by Gasteiger charge is 2.75. The van der Waals surface area contributed by atoms with E-state index in [-0.39, 0.29) is 110 Å². The minimum Gasteiger partial charge on any atom is -0.506 e. The maximum Gasteiger partial charge on any atom is 0.201 e. The molecule has 0 radical (unpaired) electrons. The fraction of sp³-hybridized carbons (Fsp3) is 0.721. The van der Waals surface area contributed by atoms with Gasteiger partial charge in [-0.05, 0) is 130 Å². The summed E-state index contributed by atoms with van der Waals surface area (Å²) < 4.78 is 100. The van der Waals surface area contributed by atoms with Crippen molar-refractivity contribution in [3.63, 3.8) is 0 Å². The van der Waals surface area contributed by atoms with Crippen LogP contribution in [-0.2, 0) is 79.3 Å². The topological polar surface area (TPSA) is 540 Å². The number of fused-ring (bicyclic) bond motifs is 6. The second-order valence-electron chi connectivity index (χ2n) is 35.0. The third-order valence-electron chi connectivity index (χ3n) is 28.0. The zero-order valence-electron chi connectivity index (χ0n) is 70.8. The molecule has 4 aromatic carbocycles. The van der Waals surface area contributed by atoms with Gasteiger partial charge in [0, 0.05) is 61.1 Å². The summed E-state index contributed by atoms with van der Waals surface area (Å²) in [6, 6.07) is 2.65. The van der Waals surface area contributed by atoms with Crippen molar-refractivity contribution in [2.75, 3.05) is 28.4 Å². The predicted octanol–water partition coefficient (Wildman–Crippen LogP) is 3.27. The molecule has 2 saturated carbocycles. The van der Waals surface area contributed by atoms with E-state index in [1.54, 1.807) is 41.5 Å². The van der Waals surface area contributed by atoms with E-state index >= 15 is 9.59 Å². The Morgan fingerprint density at radius 3 is 1.05 bits per heavy atom. The van der Waals surface area contributed by atoms with Crippen molar-refractivity contribution < 1.29 is 177 Å². The van der Waals surface area contributed by atoms with Crippen molar-refractivity contribution in [2.45, 2.75) is 353 Å². The zero-order valence-corrected chi connectivity index (χ0v) is 70.8. The van der Waals surface area contributed by atoms with Gasteiger partial charge in [-0.3, -0.25) is 19.2 Å². The number of benzene rings is 4. The number of hydrogen-bond donors (Lipinski definition) is 16. The van der Waals surface area contributed by atoms with Crippen molar-refractivity contribution >= 4 is 44.7 Å². The molecule has 0 bridgehead atoms. The summed E-state index contributed by atoms with van der Waals surface area (Å²) >= 11 is 0. The first-order valence-corrected chi connectivity index (χ1v) is 42.2. The molecule has 6 aliphatic heterocycles. The molecule has 4 aromatic rings. The van der Waals surface area contributed by atoms with Crippen LogP contribution in [0.3, 0.4) is 0 Å². The average molecular weight is 1730 g/mol. The Morgan fingerprint density at radius 1 is 0.418 bits per heavy atom. The number of Topliss-reactive ketones (excluding diaryl/α,β-unsaturated/α-hetero) is 4. The molecule has 36 nitrogen and oxygen atoms in total. The number of ether oxygens (including phenoxy) is 16. The summed E-state index contributed by atoms with van der Waals surface area (Å²) in [5.74, 6) is -12.7. The summed E-state index contributed by atoms with van der Waals surface area (Å²) in [5.41, 5.74) is -18.2. The minimum atomic E-state index is -3.16.